The zero-order chi connectivity index (χ0) is 15.8. The van der Waals surface area contributed by atoms with Crippen molar-refractivity contribution >= 4 is 16.7 Å². The van der Waals surface area contributed by atoms with Gasteiger partial charge in [0, 0.05) is 30.8 Å². The molecule has 1 aromatic carbocycles. The topological polar surface area (TPSA) is 31.2 Å². The standard InChI is InChI=1S/C14H13F4NO2/c1-8-11(15)4-3-9-10(13(20)14(16,17)18)7-19(12(8)9)5-6-21-2/h3-4,7H,5-6H2,1-2H3. The number of benzene rings is 1. The minimum absolute atomic E-state index is 0.0901. The molecule has 1 aromatic heterocycles. The molecule has 0 atom stereocenters. The van der Waals surface area contributed by atoms with Crippen molar-refractivity contribution in [2.24, 2.45) is 0 Å². The molecule has 0 fully saturated rings. The van der Waals surface area contributed by atoms with Gasteiger partial charge in [0.15, 0.2) is 0 Å². The number of nitrogens with zero attached hydrogens (tertiary/aromatic N) is 1. The molecule has 0 spiro atoms. The number of methoxy groups -OCH3 is 1. The third-order valence-electron chi connectivity index (χ3n) is 3.27. The maximum atomic E-state index is 13.6. The van der Waals surface area contributed by atoms with E-state index in [1.807, 2.05) is 0 Å². The van der Waals surface area contributed by atoms with Gasteiger partial charge in [0.2, 0.25) is 0 Å². The van der Waals surface area contributed by atoms with Crippen LogP contribution in [0.1, 0.15) is 15.9 Å². The Balaban J connectivity index is 2.68. The SMILES string of the molecule is COCCn1cc(C(=O)C(F)(F)F)c2ccc(F)c(C)c21. The summed E-state index contributed by atoms with van der Waals surface area (Å²) in [5, 5.41) is 0.0901. The molecule has 2 rings (SSSR count). The first-order valence-electron chi connectivity index (χ1n) is 6.15. The second-order valence-corrected chi connectivity index (χ2v) is 4.62. The van der Waals surface area contributed by atoms with Crippen molar-refractivity contribution in [2.75, 3.05) is 13.7 Å². The van der Waals surface area contributed by atoms with Crippen LogP contribution in [0.5, 0.6) is 0 Å². The van der Waals surface area contributed by atoms with Gasteiger partial charge in [0.05, 0.1) is 17.7 Å². The van der Waals surface area contributed by atoms with Crippen molar-refractivity contribution in [1.29, 1.82) is 0 Å². The molecule has 0 N–H and O–H groups in total. The van der Waals surface area contributed by atoms with Gasteiger partial charge in [-0.3, -0.25) is 4.79 Å². The van der Waals surface area contributed by atoms with Crippen molar-refractivity contribution in [2.45, 2.75) is 19.6 Å². The van der Waals surface area contributed by atoms with Gasteiger partial charge in [-0.2, -0.15) is 13.2 Å². The smallest absolute Gasteiger partial charge is 0.383 e. The number of aromatic nitrogens is 1. The summed E-state index contributed by atoms with van der Waals surface area (Å²) in [4.78, 5) is 11.5. The van der Waals surface area contributed by atoms with Crippen molar-refractivity contribution < 1.29 is 27.1 Å². The van der Waals surface area contributed by atoms with Crippen LogP contribution < -0.4 is 0 Å². The number of halogens is 4. The average Bonchev–Trinajstić information content (AvgIpc) is 2.77. The van der Waals surface area contributed by atoms with E-state index in [2.05, 4.69) is 0 Å². The normalized spacial score (nSPS) is 12.1. The van der Waals surface area contributed by atoms with Gasteiger partial charge >= 0.3 is 6.18 Å². The summed E-state index contributed by atoms with van der Waals surface area (Å²) in [6.45, 7) is 1.92. The summed E-state index contributed by atoms with van der Waals surface area (Å²) in [6.07, 6.45) is -3.87. The molecule has 3 nitrogen and oxygen atoms in total. The van der Waals surface area contributed by atoms with Crippen LogP contribution in [0.15, 0.2) is 18.3 Å². The van der Waals surface area contributed by atoms with E-state index in [0.29, 0.717) is 0 Å². The van der Waals surface area contributed by atoms with Crippen LogP contribution in [0.2, 0.25) is 0 Å². The van der Waals surface area contributed by atoms with Gasteiger partial charge in [-0.25, -0.2) is 4.39 Å². The number of alkyl halides is 3. The minimum Gasteiger partial charge on any atom is -0.383 e. The molecule has 0 aliphatic heterocycles. The van der Waals surface area contributed by atoms with Gasteiger partial charge in [-0.1, -0.05) is 0 Å². The molecule has 0 bridgehead atoms. The molecule has 0 aliphatic carbocycles. The predicted octanol–water partition coefficient (Wildman–Crippen LogP) is 3.48. The number of ether oxygens (including phenoxy) is 1. The van der Waals surface area contributed by atoms with Gasteiger partial charge < -0.3 is 9.30 Å². The lowest BCUT2D eigenvalue weighted by Crippen LogP contribution is -2.22. The zero-order valence-electron chi connectivity index (χ0n) is 11.4. The molecular weight excluding hydrogens is 290 g/mol. The maximum Gasteiger partial charge on any atom is 0.454 e. The monoisotopic (exact) mass is 303 g/mol. The summed E-state index contributed by atoms with van der Waals surface area (Å²) in [7, 11) is 1.45. The lowest BCUT2D eigenvalue weighted by atomic mass is 10.1. The van der Waals surface area contributed by atoms with E-state index < -0.39 is 23.3 Å². The Morgan fingerprint density at radius 3 is 2.57 bits per heavy atom. The Morgan fingerprint density at radius 1 is 1.33 bits per heavy atom. The zero-order valence-corrected chi connectivity index (χ0v) is 11.4. The summed E-state index contributed by atoms with van der Waals surface area (Å²) >= 11 is 0. The number of hydrogen-bond donors (Lipinski definition) is 0. The molecule has 7 heteroatoms. The first-order chi connectivity index (χ1) is 9.77. The first-order valence-corrected chi connectivity index (χ1v) is 6.15. The van der Waals surface area contributed by atoms with Crippen LogP contribution in [0.4, 0.5) is 17.6 Å². The molecule has 1 heterocycles. The quantitative estimate of drug-likeness (QED) is 0.639. The van der Waals surface area contributed by atoms with Gasteiger partial charge in [-0.05, 0) is 19.1 Å². The molecule has 21 heavy (non-hydrogen) atoms. The third-order valence-corrected chi connectivity index (χ3v) is 3.27. The van der Waals surface area contributed by atoms with Crippen LogP contribution in [0.25, 0.3) is 10.9 Å². The highest BCUT2D eigenvalue weighted by molar-refractivity contribution is 6.11. The van der Waals surface area contributed by atoms with Gasteiger partial charge in [-0.15, -0.1) is 0 Å². The predicted molar refractivity (Wildman–Crippen MR) is 68.9 cm³/mol. The summed E-state index contributed by atoms with van der Waals surface area (Å²) in [6, 6.07) is 2.26. The highest BCUT2D eigenvalue weighted by Gasteiger charge is 2.41. The highest BCUT2D eigenvalue weighted by Crippen LogP contribution is 2.31. The number of Topliss-reactive ketones (excluding diaryl/α,β-unsaturated/α-hetero) is 1. The summed E-state index contributed by atoms with van der Waals surface area (Å²) in [5.41, 5.74) is 0.00109. The lowest BCUT2D eigenvalue weighted by molar-refractivity contribution is -0.0884. The first kappa shape index (κ1) is 15.5. The molecule has 114 valence electrons. The van der Waals surface area contributed by atoms with Crippen LogP contribution in [-0.4, -0.2) is 30.2 Å². The molecule has 0 saturated heterocycles. The second-order valence-electron chi connectivity index (χ2n) is 4.62. The van der Waals surface area contributed by atoms with E-state index in [0.717, 1.165) is 12.3 Å². The number of hydrogen-bond acceptors (Lipinski definition) is 2. The number of fused-ring (bicyclic) bond motifs is 1. The molecular formula is C14H13F4NO2. The van der Waals surface area contributed by atoms with Gasteiger partial charge in [0.1, 0.15) is 5.82 Å². The Morgan fingerprint density at radius 2 is 2.00 bits per heavy atom. The molecule has 2 aromatic rings. The van der Waals surface area contributed by atoms with E-state index >= 15 is 0 Å². The number of ketones is 1. The van der Waals surface area contributed by atoms with Crippen molar-refractivity contribution in [1.82, 2.24) is 4.57 Å². The van der Waals surface area contributed by atoms with Crippen LogP contribution in [0.3, 0.4) is 0 Å². The summed E-state index contributed by atoms with van der Waals surface area (Å²) in [5.74, 6) is -2.47. The Kier molecular flexibility index (Phi) is 4.04. The molecule has 0 unspecified atom stereocenters. The number of carbonyl (C=O) groups is 1. The molecule has 0 aliphatic rings. The average molecular weight is 303 g/mol. The fourth-order valence-corrected chi connectivity index (χ4v) is 2.25. The van der Waals surface area contributed by atoms with Crippen LogP contribution in [0, 0.1) is 12.7 Å². The molecule has 0 saturated carbocycles. The largest absolute Gasteiger partial charge is 0.454 e. The van der Waals surface area contributed by atoms with Crippen molar-refractivity contribution in [3.8, 4) is 0 Å². The molecule has 0 amide bonds. The third kappa shape index (κ3) is 2.78. The Hall–Kier alpha value is -1.89. The van der Waals surface area contributed by atoms with Crippen LogP contribution >= 0.6 is 0 Å². The van der Waals surface area contributed by atoms with Crippen molar-refractivity contribution in [3.05, 3.63) is 35.3 Å². The van der Waals surface area contributed by atoms with E-state index in [1.54, 1.807) is 0 Å². The number of aryl methyl sites for hydroxylation is 1. The van der Waals surface area contributed by atoms with E-state index in [9.17, 15) is 22.4 Å². The molecule has 0 radical (unpaired) electrons. The fourth-order valence-electron chi connectivity index (χ4n) is 2.25. The fraction of sp³-hybridized carbons (Fsp3) is 0.357. The Labute approximate surface area is 118 Å². The highest BCUT2D eigenvalue weighted by atomic mass is 19.4. The second kappa shape index (κ2) is 5.48. The number of rotatable bonds is 4. The van der Waals surface area contributed by atoms with Crippen molar-refractivity contribution in [3.63, 3.8) is 0 Å². The Bertz CT molecular complexity index is 688. The van der Waals surface area contributed by atoms with E-state index in [1.165, 1.54) is 24.7 Å². The number of carbonyl (C=O) groups excluding carboxylic acids is 1. The van der Waals surface area contributed by atoms with Crippen LogP contribution in [-0.2, 0) is 11.3 Å². The minimum atomic E-state index is -4.97. The summed E-state index contributed by atoms with van der Waals surface area (Å²) < 4.78 is 57.9. The van der Waals surface area contributed by atoms with Gasteiger partial charge in [0.25, 0.3) is 5.78 Å². The maximum absolute atomic E-state index is 13.6. The van der Waals surface area contributed by atoms with E-state index in [4.69, 9.17) is 4.74 Å². The lowest BCUT2D eigenvalue weighted by Gasteiger charge is -2.07. The van der Waals surface area contributed by atoms with E-state index in [-0.39, 0.29) is 29.6 Å².